The number of hydrogen-bond donors (Lipinski definition) is 2. The largest absolute Gasteiger partial charge is 0.478 e. The lowest BCUT2D eigenvalue weighted by Gasteiger charge is -2.04. The van der Waals surface area contributed by atoms with Gasteiger partial charge in [0.2, 0.25) is 0 Å². The molecule has 13 heavy (non-hydrogen) atoms. The van der Waals surface area contributed by atoms with Crippen molar-refractivity contribution >= 4 is 11.7 Å². The van der Waals surface area contributed by atoms with Crippen molar-refractivity contribution in [2.24, 2.45) is 0 Å². The van der Waals surface area contributed by atoms with Crippen LogP contribution < -0.4 is 5.32 Å². The summed E-state index contributed by atoms with van der Waals surface area (Å²) in [5.74, 6) is -0.451. The zero-order valence-corrected chi connectivity index (χ0v) is 7.37. The Kier molecular flexibility index (Phi) is 1.72. The molecule has 1 aromatic rings. The van der Waals surface area contributed by atoms with Gasteiger partial charge in [0, 0.05) is 12.5 Å². The van der Waals surface area contributed by atoms with Gasteiger partial charge in [0.15, 0.2) is 0 Å². The number of hydrogen-bond acceptors (Lipinski definition) is 2. The summed E-state index contributed by atoms with van der Waals surface area (Å²) in [5.41, 5.74) is 2.28. The lowest BCUT2D eigenvalue weighted by atomic mass is 10.0. The second kappa shape index (κ2) is 2.76. The molecule has 68 valence electrons. The van der Waals surface area contributed by atoms with Gasteiger partial charge in [-0.2, -0.15) is 0 Å². The van der Waals surface area contributed by atoms with E-state index in [1.807, 2.05) is 6.07 Å². The number of anilines is 1. The highest BCUT2D eigenvalue weighted by Crippen LogP contribution is 2.33. The molecule has 1 heterocycles. The van der Waals surface area contributed by atoms with Crippen LogP contribution in [0.3, 0.4) is 0 Å². The molecule has 0 aliphatic carbocycles. The summed E-state index contributed by atoms with van der Waals surface area (Å²) in [7, 11) is 0. The van der Waals surface area contributed by atoms with Crippen LogP contribution in [-0.4, -0.2) is 17.6 Å². The van der Waals surface area contributed by atoms with Crippen LogP contribution in [0.1, 0.15) is 28.8 Å². The van der Waals surface area contributed by atoms with Gasteiger partial charge in [-0.1, -0.05) is 19.1 Å². The van der Waals surface area contributed by atoms with Crippen LogP contribution in [-0.2, 0) is 0 Å². The lowest BCUT2D eigenvalue weighted by molar-refractivity contribution is 0.0698. The van der Waals surface area contributed by atoms with E-state index in [0.717, 1.165) is 17.8 Å². The molecule has 0 fully saturated rings. The number of carboxylic acid groups (broad SMARTS) is 1. The summed E-state index contributed by atoms with van der Waals surface area (Å²) in [6.07, 6.45) is 0. The van der Waals surface area contributed by atoms with Gasteiger partial charge < -0.3 is 10.4 Å². The Labute approximate surface area is 76.4 Å². The second-order valence-corrected chi connectivity index (χ2v) is 3.36. The molecule has 0 aromatic heterocycles. The van der Waals surface area contributed by atoms with Crippen molar-refractivity contribution in [1.29, 1.82) is 0 Å². The number of para-hydroxylation sites is 1. The van der Waals surface area contributed by atoms with E-state index in [4.69, 9.17) is 5.11 Å². The van der Waals surface area contributed by atoms with Crippen molar-refractivity contribution < 1.29 is 9.90 Å². The Hall–Kier alpha value is -1.51. The molecule has 1 aliphatic rings. The van der Waals surface area contributed by atoms with E-state index in [9.17, 15) is 4.79 Å². The van der Waals surface area contributed by atoms with Gasteiger partial charge in [0.05, 0.1) is 11.3 Å². The van der Waals surface area contributed by atoms with E-state index in [2.05, 4.69) is 12.2 Å². The first kappa shape index (κ1) is 8.10. The van der Waals surface area contributed by atoms with Gasteiger partial charge in [-0.25, -0.2) is 4.79 Å². The Morgan fingerprint density at radius 2 is 2.38 bits per heavy atom. The first-order valence-corrected chi connectivity index (χ1v) is 4.30. The van der Waals surface area contributed by atoms with E-state index in [-0.39, 0.29) is 0 Å². The van der Waals surface area contributed by atoms with Gasteiger partial charge in [-0.05, 0) is 11.6 Å². The quantitative estimate of drug-likeness (QED) is 0.689. The Balaban J connectivity index is 2.57. The van der Waals surface area contributed by atoms with Crippen molar-refractivity contribution in [1.82, 2.24) is 0 Å². The average molecular weight is 177 g/mol. The van der Waals surface area contributed by atoms with Crippen LogP contribution in [0, 0.1) is 0 Å². The topological polar surface area (TPSA) is 49.3 Å². The number of carbonyl (C=O) groups is 1. The summed E-state index contributed by atoms with van der Waals surface area (Å²) in [4.78, 5) is 10.8. The SMILES string of the molecule is C[C@@H]1CNc2c(C(=O)O)cccc21. The molecule has 2 rings (SSSR count). The summed E-state index contributed by atoms with van der Waals surface area (Å²) in [6.45, 7) is 2.92. The molecule has 2 N–H and O–H groups in total. The Morgan fingerprint density at radius 1 is 1.62 bits per heavy atom. The zero-order chi connectivity index (χ0) is 9.42. The maximum atomic E-state index is 10.8. The van der Waals surface area contributed by atoms with Gasteiger partial charge in [0.1, 0.15) is 0 Å². The highest BCUT2D eigenvalue weighted by Gasteiger charge is 2.22. The minimum Gasteiger partial charge on any atom is -0.478 e. The fourth-order valence-corrected chi connectivity index (χ4v) is 1.72. The van der Waals surface area contributed by atoms with Crippen molar-refractivity contribution in [2.45, 2.75) is 12.8 Å². The summed E-state index contributed by atoms with van der Waals surface area (Å²) in [5, 5.41) is 12.0. The van der Waals surface area contributed by atoms with Crippen LogP contribution >= 0.6 is 0 Å². The third-order valence-corrected chi connectivity index (χ3v) is 2.44. The molecule has 0 saturated carbocycles. The van der Waals surface area contributed by atoms with Crippen LogP contribution in [0.25, 0.3) is 0 Å². The van der Waals surface area contributed by atoms with Crippen molar-refractivity contribution in [3.8, 4) is 0 Å². The van der Waals surface area contributed by atoms with Gasteiger partial charge >= 0.3 is 5.97 Å². The normalized spacial score (nSPS) is 19.3. The third-order valence-electron chi connectivity index (χ3n) is 2.44. The summed E-state index contributed by atoms with van der Waals surface area (Å²) in [6, 6.07) is 5.41. The average Bonchev–Trinajstić information content (AvgIpc) is 2.48. The molecule has 1 aliphatic heterocycles. The molecule has 3 heteroatoms. The fraction of sp³-hybridized carbons (Fsp3) is 0.300. The first-order chi connectivity index (χ1) is 6.20. The fourth-order valence-electron chi connectivity index (χ4n) is 1.72. The minimum absolute atomic E-state index is 0.377. The van der Waals surface area contributed by atoms with Gasteiger partial charge in [-0.15, -0.1) is 0 Å². The molecule has 0 unspecified atom stereocenters. The molecule has 0 amide bonds. The maximum Gasteiger partial charge on any atom is 0.337 e. The maximum absolute atomic E-state index is 10.8. The molecule has 0 radical (unpaired) electrons. The van der Waals surface area contributed by atoms with Crippen LogP contribution in [0.2, 0.25) is 0 Å². The molecule has 3 nitrogen and oxygen atoms in total. The third kappa shape index (κ3) is 1.16. The van der Waals surface area contributed by atoms with Crippen LogP contribution in [0.4, 0.5) is 5.69 Å². The summed E-state index contributed by atoms with van der Waals surface area (Å²) >= 11 is 0. The number of benzene rings is 1. The Morgan fingerprint density at radius 3 is 3.08 bits per heavy atom. The molecule has 0 saturated heterocycles. The second-order valence-electron chi connectivity index (χ2n) is 3.36. The predicted octanol–water partition coefficient (Wildman–Crippen LogP) is 1.91. The van der Waals surface area contributed by atoms with E-state index >= 15 is 0 Å². The minimum atomic E-state index is -0.863. The smallest absolute Gasteiger partial charge is 0.337 e. The number of aromatic carboxylic acids is 1. The van der Waals surface area contributed by atoms with Crippen LogP contribution in [0.15, 0.2) is 18.2 Å². The zero-order valence-electron chi connectivity index (χ0n) is 7.37. The van der Waals surface area contributed by atoms with Gasteiger partial charge in [-0.3, -0.25) is 0 Å². The lowest BCUT2D eigenvalue weighted by Crippen LogP contribution is -2.02. The van der Waals surface area contributed by atoms with Crippen LogP contribution in [0.5, 0.6) is 0 Å². The standard InChI is InChI=1S/C10H11NO2/c1-6-5-11-9-7(6)3-2-4-8(9)10(12)13/h2-4,6,11H,5H2,1H3,(H,12,13)/t6-/m1/s1. The number of fused-ring (bicyclic) bond motifs is 1. The monoisotopic (exact) mass is 177 g/mol. The highest BCUT2D eigenvalue weighted by atomic mass is 16.4. The number of carboxylic acids is 1. The molecule has 1 aromatic carbocycles. The molecule has 1 atom stereocenters. The van der Waals surface area contributed by atoms with E-state index in [1.165, 1.54) is 0 Å². The highest BCUT2D eigenvalue weighted by molar-refractivity contribution is 5.95. The molecule has 0 spiro atoms. The molecule has 0 bridgehead atoms. The van der Waals surface area contributed by atoms with Crippen molar-refractivity contribution in [3.05, 3.63) is 29.3 Å². The van der Waals surface area contributed by atoms with E-state index in [0.29, 0.717) is 11.5 Å². The first-order valence-electron chi connectivity index (χ1n) is 4.30. The van der Waals surface area contributed by atoms with Crippen molar-refractivity contribution in [2.75, 3.05) is 11.9 Å². The predicted molar refractivity (Wildman–Crippen MR) is 50.3 cm³/mol. The van der Waals surface area contributed by atoms with E-state index < -0.39 is 5.97 Å². The van der Waals surface area contributed by atoms with Gasteiger partial charge in [0.25, 0.3) is 0 Å². The summed E-state index contributed by atoms with van der Waals surface area (Å²) < 4.78 is 0. The number of nitrogens with one attached hydrogen (secondary N) is 1. The molecular formula is C10H11NO2. The van der Waals surface area contributed by atoms with E-state index in [1.54, 1.807) is 12.1 Å². The van der Waals surface area contributed by atoms with Crippen molar-refractivity contribution in [3.63, 3.8) is 0 Å². The Bertz CT molecular complexity index is 360. The molecular weight excluding hydrogens is 166 g/mol. The number of rotatable bonds is 1.